The molecule has 0 atom stereocenters. The molecule has 3 aromatic carbocycles. The third-order valence-electron chi connectivity index (χ3n) is 5.11. The van der Waals surface area contributed by atoms with Gasteiger partial charge in [-0.3, -0.25) is 9.59 Å². The number of ether oxygens (including phenoxy) is 1. The molecule has 0 saturated heterocycles. The lowest BCUT2D eigenvalue weighted by atomic mass is 9.99. The summed E-state index contributed by atoms with van der Waals surface area (Å²) in [6.45, 7) is 1.17. The zero-order valence-corrected chi connectivity index (χ0v) is 15.5. The molecule has 4 nitrogen and oxygen atoms in total. The lowest BCUT2D eigenvalue weighted by Crippen LogP contribution is -2.37. The van der Waals surface area contributed by atoms with Gasteiger partial charge in [0.2, 0.25) is 0 Å². The van der Waals surface area contributed by atoms with Crippen LogP contribution in [0.15, 0.2) is 72.8 Å². The first-order valence-corrected chi connectivity index (χ1v) is 9.38. The average Bonchev–Trinajstić information content (AvgIpc) is 2.77. The normalized spacial score (nSPS) is 13.9. The van der Waals surface area contributed by atoms with Crippen LogP contribution in [0.3, 0.4) is 0 Å². The van der Waals surface area contributed by atoms with Crippen LogP contribution in [0, 0.1) is 0 Å². The van der Waals surface area contributed by atoms with Crippen molar-refractivity contribution in [1.82, 2.24) is 4.90 Å². The molecule has 0 radical (unpaired) electrons. The van der Waals surface area contributed by atoms with Crippen molar-refractivity contribution in [3.8, 4) is 5.75 Å². The molecule has 0 bridgehead atoms. The summed E-state index contributed by atoms with van der Waals surface area (Å²) in [5.74, 6) is 0.368. The minimum absolute atomic E-state index is 0.0756. The predicted molar refractivity (Wildman–Crippen MR) is 110 cm³/mol. The van der Waals surface area contributed by atoms with Gasteiger partial charge in [0.15, 0.2) is 12.9 Å². The molecule has 3 aromatic rings. The molecular weight excluding hydrogens is 350 g/mol. The first-order valence-electron chi connectivity index (χ1n) is 9.38. The smallest absolute Gasteiger partial charge is 0.260 e. The molecule has 0 aliphatic carbocycles. The molecule has 0 spiro atoms. The van der Waals surface area contributed by atoms with E-state index in [9.17, 15) is 9.59 Å². The molecule has 4 heteroatoms. The molecule has 1 heterocycles. The first-order chi connectivity index (χ1) is 13.8. The highest BCUT2D eigenvalue weighted by molar-refractivity contribution is 6.00. The number of aldehydes is 1. The van der Waals surface area contributed by atoms with Gasteiger partial charge in [-0.2, -0.15) is 0 Å². The second-order valence-corrected chi connectivity index (χ2v) is 6.79. The Bertz CT molecular complexity index is 1040. The zero-order valence-electron chi connectivity index (χ0n) is 15.5. The van der Waals surface area contributed by atoms with Crippen LogP contribution in [0.4, 0.5) is 0 Å². The maximum Gasteiger partial charge on any atom is 0.260 e. The Labute approximate surface area is 164 Å². The summed E-state index contributed by atoms with van der Waals surface area (Å²) in [6, 6.07) is 21.5. The monoisotopic (exact) mass is 371 g/mol. The molecule has 28 heavy (non-hydrogen) atoms. The predicted octanol–water partition coefficient (Wildman–Crippen LogP) is 4.35. The van der Waals surface area contributed by atoms with E-state index in [0.717, 1.165) is 23.5 Å². The lowest BCUT2D eigenvalue weighted by Gasteiger charge is -2.26. The van der Waals surface area contributed by atoms with E-state index in [1.54, 1.807) is 11.0 Å². The molecule has 0 fully saturated rings. The lowest BCUT2D eigenvalue weighted by molar-refractivity contribution is -0.132. The quantitative estimate of drug-likeness (QED) is 0.627. The third-order valence-corrected chi connectivity index (χ3v) is 5.11. The van der Waals surface area contributed by atoms with Crippen molar-refractivity contribution >= 4 is 28.5 Å². The molecule has 1 amide bonds. The molecule has 1 aliphatic heterocycles. The molecule has 140 valence electrons. The van der Waals surface area contributed by atoms with E-state index in [1.807, 2.05) is 48.5 Å². The van der Waals surface area contributed by atoms with Crippen LogP contribution < -0.4 is 4.74 Å². The van der Waals surface area contributed by atoms with Gasteiger partial charge < -0.3 is 9.64 Å². The number of fused-ring (bicyclic) bond motifs is 1. The summed E-state index contributed by atoms with van der Waals surface area (Å²) in [5.41, 5.74) is 2.96. The number of hydrogen-bond donors (Lipinski definition) is 0. The number of amides is 1. The fourth-order valence-electron chi connectivity index (χ4n) is 3.56. The first kappa shape index (κ1) is 18.0. The van der Waals surface area contributed by atoms with E-state index < -0.39 is 0 Å². The van der Waals surface area contributed by atoms with Gasteiger partial charge in [-0.1, -0.05) is 66.7 Å². The van der Waals surface area contributed by atoms with Crippen LogP contribution in [0.25, 0.3) is 16.3 Å². The van der Waals surface area contributed by atoms with E-state index >= 15 is 0 Å². The van der Waals surface area contributed by atoms with Crippen molar-refractivity contribution < 1.29 is 14.3 Å². The Hall–Kier alpha value is -3.40. The van der Waals surface area contributed by atoms with Crippen LogP contribution >= 0.6 is 0 Å². The topological polar surface area (TPSA) is 46.6 Å². The van der Waals surface area contributed by atoms with Crippen molar-refractivity contribution in [1.29, 1.82) is 0 Å². The second kappa shape index (κ2) is 8.09. The number of hydrogen-bond acceptors (Lipinski definition) is 3. The summed E-state index contributed by atoms with van der Waals surface area (Å²) >= 11 is 0. The minimum Gasteiger partial charge on any atom is -0.483 e. The molecule has 0 N–H and O–H groups in total. The Kier molecular flexibility index (Phi) is 5.20. The van der Waals surface area contributed by atoms with E-state index in [2.05, 4.69) is 18.2 Å². The second-order valence-electron chi connectivity index (χ2n) is 6.79. The largest absolute Gasteiger partial charge is 0.483 e. The maximum absolute atomic E-state index is 12.6. The van der Waals surface area contributed by atoms with Crippen LogP contribution in [0.1, 0.15) is 22.3 Å². The van der Waals surface area contributed by atoms with E-state index in [4.69, 9.17) is 4.74 Å². The van der Waals surface area contributed by atoms with Crippen LogP contribution in [-0.4, -0.2) is 36.8 Å². The van der Waals surface area contributed by atoms with Gasteiger partial charge >= 0.3 is 0 Å². The third kappa shape index (κ3) is 3.67. The van der Waals surface area contributed by atoms with Gasteiger partial charge in [-0.05, 0) is 34.4 Å². The maximum atomic E-state index is 12.6. The van der Waals surface area contributed by atoms with Gasteiger partial charge in [0.25, 0.3) is 5.91 Å². The molecule has 1 aliphatic rings. The molecule has 0 aromatic heterocycles. The highest BCUT2D eigenvalue weighted by Crippen LogP contribution is 2.27. The zero-order chi connectivity index (χ0) is 19.3. The SMILES string of the molecule is O=Cc1c(OCC(=O)N2CC=C(c3ccccc3)CC2)ccc2ccccc12. The summed E-state index contributed by atoms with van der Waals surface area (Å²) in [7, 11) is 0. The van der Waals surface area contributed by atoms with Gasteiger partial charge in [0.1, 0.15) is 5.75 Å². The van der Waals surface area contributed by atoms with E-state index in [-0.39, 0.29) is 12.5 Å². The fourth-order valence-corrected chi connectivity index (χ4v) is 3.56. The van der Waals surface area contributed by atoms with E-state index in [1.165, 1.54) is 11.1 Å². The molecule has 0 unspecified atom stereocenters. The van der Waals surface area contributed by atoms with Crippen molar-refractivity contribution in [3.63, 3.8) is 0 Å². The number of rotatable bonds is 5. The minimum atomic E-state index is -0.0757. The van der Waals surface area contributed by atoms with Gasteiger partial charge in [-0.25, -0.2) is 0 Å². The van der Waals surface area contributed by atoms with Crippen molar-refractivity contribution in [3.05, 3.63) is 83.9 Å². The summed E-state index contributed by atoms with van der Waals surface area (Å²) in [5, 5.41) is 1.80. The van der Waals surface area contributed by atoms with Crippen molar-refractivity contribution in [2.24, 2.45) is 0 Å². The van der Waals surface area contributed by atoms with Gasteiger partial charge in [0.05, 0.1) is 5.56 Å². The van der Waals surface area contributed by atoms with Crippen molar-refractivity contribution in [2.75, 3.05) is 19.7 Å². The average molecular weight is 371 g/mol. The standard InChI is InChI=1S/C24H21NO3/c26-16-22-21-9-5-4-8-20(21)10-11-23(22)28-17-24(27)25-14-12-19(13-15-25)18-6-2-1-3-7-18/h1-12,16H,13-15,17H2. The van der Waals surface area contributed by atoms with Crippen LogP contribution in [0.5, 0.6) is 5.75 Å². The Morgan fingerprint density at radius 2 is 1.79 bits per heavy atom. The summed E-state index contributed by atoms with van der Waals surface area (Å²) in [4.78, 5) is 25.9. The summed E-state index contributed by atoms with van der Waals surface area (Å²) < 4.78 is 5.72. The van der Waals surface area contributed by atoms with Gasteiger partial charge in [0, 0.05) is 13.1 Å². The summed E-state index contributed by atoms with van der Waals surface area (Å²) in [6.07, 6.45) is 3.72. The molecular formula is C24H21NO3. The Balaban J connectivity index is 1.42. The molecule has 0 saturated carbocycles. The Morgan fingerprint density at radius 1 is 1.00 bits per heavy atom. The fraction of sp³-hybridized carbons (Fsp3) is 0.167. The van der Waals surface area contributed by atoms with Crippen molar-refractivity contribution in [2.45, 2.75) is 6.42 Å². The highest BCUT2D eigenvalue weighted by atomic mass is 16.5. The van der Waals surface area contributed by atoms with Crippen LogP contribution in [0.2, 0.25) is 0 Å². The van der Waals surface area contributed by atoms with Crippen LogP contribution in [-0.2, 0) is 4.79 Å². The van der Waals surface area contributed by atoms with E-state index in [0.29, 0.717) is 24.4 Å². The number of nitrogens with zero attached hydrogens (tertiary/aromatic N) is 1. The number of benzene rings is 3. The van der Waals surface area contributed by atoms with Gasteiger partial charge in [-0.15, -0.1) is 0 Å². The molecule has 4 rings (SSSR count). The Morgan fingerprint density at radius 3 is 2.54 bits per heavy atom. The highest BCUT2D eigenvalue weighted by Gasteiger charge is 2.19. The number of carbonyl (C=O) groups excluding carboxylic acids is 2. The number of carbonyl (C=O) groups is 2.